The Labute approximate surface area is 179 Å². The van der Waals surface area contributed by atoms with Crippen LogP contribution in [0.15, 0.2) is 36.5 Å². The van der Waals surface area contributed by atoms with Crippen molar-refractivity contribution in [3.63, 3.8) is 0 Å². The van der Waals surface area contributed by atoms with Crippen LogP contribution in [0.5, 0.6) is 11.5 Å². The monoisotopic (exact) mass is 426 g/mol. The summed E-state index contributed by atoms with van der Waals surface area (Å²) in [5, 5.41) is 1.77. The molecule has 2 aromatic carbocycles. The molecule has 1 fully saturated rings. The van der Waals surface area contributed by atoms with Crippen LogP contribution >= 0.6 is 0 Å². The maximum Gasteiger partial charge on any atom is 0.230 e. The van der Waals surface area contributed by atoms with Crippen LogP contribution in [0, 0.1) is 17.6 Å². The van der Waals surface area contributed by atoms with Gasteiger partial charge in [-0.3, -0.25) is 9.80 Å². The quantitative estimate of drug-likeness (QED) is 0.772. The topological polar surface area (TPSA) is 56.8 Å². The number of fused-ring (bicyclic) bond motifs is 1. The molecule has 5 rings (SSSR count). The second-order valence-electron chi connectivity index (χ2n) is 8.38. The molecule has 6 nitrogen and oxygen atoms in total. The normalized spacial score (nSPS) is 20.3. The van der Waals surface area contributed by atoms with Gasteiger partial charge in [0.25, 0.3) is 0 Å². The van der Waals surface area contributed by atoms with Crippen molar-refractivity contribution in [2.75, 3.05) is 11.9 Å². The maximum absolute atomic E-state index is 13.8. The van der Waals surface area contributed by atoms with Gasteiger partial charge >= 0.3 is 0 Å². The lowest BCUT2D eigenvalue weighted by molar-refractivity contribution is -0.120. The van der Waals surface area contributed by atoms with Crippen molar-refractivity contribution in [1.82, 2.24) is 16.0 Å². The first-order valence-corrected chi connectivity index (χ1v) is 10.5. The number of halogens is 2. The van der Waals surface area contributed by atoms with Crippen molar-refractivity contribution in [2.45, 2.75) is 38.6 Å². The first-order chi connectivity index (χ1) is 14.9. The summed E-state index contributed by atoms with van der Waals surface area (Å²) in [6, 6.07) is 7.45. The van der Waals surface area contributed by atoms with Gasteiger partial charge in [0, 0.05) is 42.4 Å². The van der Waals surface area contributed by atoms with E-state index in [4.69, 9.17) is 4.74 Å². The molecule has 0 aromatic heterocycles. The van der Waals surface area contributed by atoms with Gasteiger partial charge in [-0.1, -0.05) is 0 Å². The number of hydrazine groups is 2. The van der Waals surface area contributed by atoms with Crippen LogP contribution in [0.25, 0.3) is 5.70 Å². The molecule has 1 atom stereocenters. The van der Waals surface area contributed by atoms with Gasteiger partial charge in [-0.15, -0.1) is 5.53 Å². The largest absolute Gasteiger partial charge is 0.456 e. The van der Waals surface area contributed by atoms with Gasteiger partial charge in [0.05, 0.1) is 11.4 Å². The third kappa shape index (κ3) is 3.61. The smallest absolute Gasteiger partial charge is 0.230 e. The van der Waals surface area contributed by atoms with Gasteiger partial charge in [-0.05, 0) is 56.9 Å². The van der Waals surface area contributed by atoms with Gasteiger partial charge in [0.2, 0.25) is 5.91 Å². The SMILES string of the molecule is C[C@H]1CCc2c(ccc(C3=CN(C)NN3)c2Oc2ccc(F)c(F)c2)N1C(=O)C1CC1. The lowest BCUT2D eigenvalue weighted by atomic mass is 9.92. The third-order valence-corrected chi connectivity index (χ3v) is 6.00. The van der Waals surface area contributed by atoms with E-state index in [0.29, 0.717) is 12.2 Å². The van der Waals surface area contributed by atoms with E-state index >= 15 is 0 Å². The molecule has 3 aliphatic rings. The van der Waals surface area contributed by atoms with Crippen molar-refractivity contribution in [3.05, 3.63) is 59.3 Å². The van der Waals surface area contributed by atoms with Crippen LogP contribution in [0.1, 0.15) is 37.3 Å². The van der Waals surface area contributed by atoms with Crippen molar-refractivity contribution < 1.29 is 18.3 Å². The highest BCUT2D eigenvalue weighted by molar-refractivity contribution is 5.99. The Balaban J connectivity index is 1.62. The number of nitrogens with one attached hydrogen (secondary N) is 2. The molecule has 1 saturated carbocycles. The summed E-state index contributed by atoms with van der Waals surface area (Å²) in [4.78, 5) is 14.9. The molecule has 0 spiro atoms. The van der Waals surface area contributed by atoms with Crippen LogP contribution < -0.4 is 20.6 Å². The number of carbonyl (C=O) groups is 1. The van der Waals surface area contributed by atoms with E-state index in [-0.39, 0.29) is 23.6 Å². The lowest BCUT2D eigenvalue weighted by Crippen LogP contribution is -2.43. The fourth-order valence-corrected chi connectivity index (χ4v) is 4.20. The average Bonchev–Trinajstić information content (AvgIpc) is 3.51. The number of hydrogen-bond donors (Lipinski definition) is 2. The summed E-state index contributed by atoms with van der Waals surface area (Å²) < 4.78 is 33.4. The van der Waals surface area contributed by atoms with Crippen molar-refractivity contribution in [2.24, 2.45) is 5.92 Å². The minimum atomic E-state index is -0.970. The first-order valence-electron chi connectivity index (χ1n) is 10.5. The van der Waals surface area contributed by atoms with Gasteiger partial charge in [-0.25, -0.2) is 8.78 Å². The van der Waals surface area contributed by atoms with Gasteiger partial charge in [0.1, 0.15) is 11.5 Å². The summed E-state index contributed by atoms with van der Waals surface area (Å²) in [5.41, 5.74) is 9.34. The van der Waals surface area contributed by atoms with Gasteiger partial charge < -0.3 is 15.1 Å². The van der Waals surface area contributed by atoms with Gasteiger partial charge in [-0.2, -0.15) is 0 Å². The molecule has 1 aliphatic carbocycles. The third-order valence-electron chi connectivity index (χ3n) is 6.00. The molecule has 8 heteroatoms. The Bertz CT molecular complexity index is 1080. The van der Waals surface area contributed by atoms with Gasteiger partial charge in [0.15, 0.2) is 11.6 Å². The first kappa shape index (κ1) is 19.8. The number of carbonyl (C=O) groups excluding carboxylic acids is 1. The van der Waals surface area contributed by atoms with Crippen molar-refractivity contribution in [3.8, 4) is 11.5 Å². The van der Waals surface area contributed by atoms with E-state index < -0.39 is 11.6 Å². The molecule has 2 aromatic rings. The molecule has 1 amide bonds. The Morgan fingerprint density at radius 2 is 1.94 bits per heavy atom. The number of hydrogen-bond acceptors (Lipinski definition) is 5. The van der Waals surface area contributed by atoms with Crippen LogP contribution in [-0.4, -0.2) is 24.0 Å². The molecule has 0 saturated heterocycles. The highest BCUT2D eigenvalue weighted by atomic mass is 19.2. The van der Waals surface area contributed by atoms with Crippen LogP contribution in [0.3, 0.4) is 0 Å². The predicted octanol–water partition coefficient (Wildman–Crippen LogP) is 4.09. The summed E-state index contributed by atoms with van der Waals surface area (Å²) in [6.45, 7) is 2.06. The number of amides is 1. The predicted molar refractivity (Wildman–Crippen MR) is 113 cm³/mol. The second kappa shape index (κ2) is 7.53. The van der Waals surface area contributed by atoms with E-state index in [0.717, 1.165) is 53.9 Å². The summed E-state index contributed by atoms with van der Waals surface area (Å²) in [6.07, 6.45) is 5.26. The van der Waals surface area contributed by atoms with E-state index in [1.807, 2.05) is 30.3 Å². The molecule has 162 valence electrons. The number of rotatable bonds is 4. The van der Waals surface area contributed by atoms with E-state index in [1.54, 1.807) is 5.01 Å². The van der Waals surface area contributed by atoms with E-state index in [1.165, 1.54) is 6.07 Å². The van der Waals surface area contributed by atoms with Crippen molar-refractivity contribution >= 4 is 17.3 Å². The van der Waals surface area contributed by atoms with Crippen LogP contribution in [0.2, 0.25) is 0 Å². The van der Waals surface area contributed by atoms with E-state index in [2.05, 4.69) is 17.9 Å². The molecule has 0 radical (unpaired) electrons. The number of ether oxygens (including phenoxy) is 1. The Morgan fingerprint density at radius 1 is 1.13 bits per heavy atom. The summed E-state index contributed by atoms with van der Waals surface area (Å²) >= 11 is 0. The highest BCUT2D eigenvalue weighted by Crippen LogP contribution is 2.45. The molecule has 2 heterocycles. The minimum Gasteiger partial charge on any atom is -0.456 e. The molecular weight excluding hydrogens is 402 g/mol. The number of nitrogens with zero attached hydrogens (tertiary/aromatic N) is 2. The zero-order chi connectivity index (χ0) is 21.7. The zero-order valence-electron chi connectivity index (χ0n) is 17.4. The summed E-state index contributed by atoms with van der Waals surface area (Å²) in [7, 11) is 1.85. The fourth-order valence-electron chi connectivity index (χ4n) is 4.20. The molecule has 31 heavy (non-hydrogen) atoms. The molecule has 0 bridgehead atoms. The number of anilines is 1. The van der Waals surface area contributed by atoms with Crippen LogP contribution in [0.4, 0.5) is 14.5 Å². The minimum absolute atomic E-state index is 0.0965. The maximum atomic E-state index is 13.8. The van der Waals surface area contributed by atoms with Crippen molar-refractivity contribution in [1.29, 1.82) is 0 Å². The fraction of sp³-hybridized carbons (Fsp3) is 0.348. The Hall–Kier alpha value is -3.13. The Morgan fingerprint density at radius 3 is 2.61 bits per heavy atom. The molecule has 0 unspecified atom stereocenters. The zero-order valence-corrected chi connectivity index (χ0v) is 17.4. The standard InChI is InChI=1S/C23H24F2N4O2/c1-13-3-7-17-21(29(13)23(30)14-4-5-14)10-8-16(20-12-28(2)27-26-20)22(17)31-15-6-9-18(24)19(25)11-15/h6,8-14,26-27H,3-5,7H2,1-2H3/t13-/m0/s1. The molecule has 2 N–H and O–H groups in total. The van der Waals surface area contributed by atoms with Crippen LogP contribution in [-0.2, 0) is 11.2 Å². The number of benzene rings is 2. The summed E-state index contributed by atoms with van der Waals surface area (Å²) in [5.74, 6) is -0.904. The second-order valence-corrected chi connectivity index (χ2v) is 8.38. The molecular formula is C23H24F2N4O2. The lowest BCUT2D eigenvalue weighted by Gasteiger charge is -2.36. The van der Waals surface area contributed by atoms with E-state index in [9.17, 15) is 13.6 Å². The highest BCUT2D eigenvalue weighted by Gasteiger charge is 2.39. The molecule has 2 aliphatic heterocycles. The average molecular weight is 426 g/mol. The Kier molecular flexibility index (Phi) is 4.81.